The van der Waals surface area contributed by atoms with Crippen molar-refractivity contribution in [2.75, 3.05) is 12.3 Å². The summed E-state index contributed by atoms with van der Waals surface area (Å²) in [4.78, 5) is 11.4. The molecule has 4 heteroatoms. The van der Waals surface area contributed by atoms with E-state index in [0.29, 0.717) is 6.61 Å². The number of carbonyl (C=O) groups is 1. The van der Waals surface area contributed by atoms with Crippen molar-refractivity contribution < 1.29 is 13.9 Å². The van der Waals surface area contributed by atoms with E-state index in [0.717, 1.165) is 12.0 Å². The van der Waals surface area contributed by atoms with Crippen LogP contribution in [0.25, 0.3) is 0 Å². The average molecular weight is 223 g/mol. The van der Waals surface area contributed by atoms with Gasteiger partial charge in [-0.15, -0.1) is 0 Å². The van der Waals surface area contributed by atoms with Gasteiger partial charge in [-0.1, -0.05) is 6.07 Å². The Balaban J connectivity index is 2.06. The fraction of sp³-hybridized carbons (Fsp3) is 0.417. The molecule has 0 aliphatic heterocycles. The summed E-state index contributed by atoms with van der Waals surface area (Å²) in [5.74, 6) is -0.528. The second-order valence-electron chi connectivity index (χ2n) is 3.98. The maximum Gasteiger partial charge on any atom is 0.309 e. The predicted octanol–water partition coefficient (Wildman–Crippen LogP) is 2.07. The first kappa shape index (κ1) is 10.9. The van der Waals surface area contributed by atoms with Gasteiger partial charge in [-0.25, -0.2) is 4.39 Å². The molecule has 1 aliphatic rings. The van der Waals surface area contributed by atoms with Gasteiger partial charge in [0, 0.05) is 0 Å². The molecule has 3 nitrogen and oxygen atoms in total. The lowest BCUT2D eigenvalue weighted by Gasteiger charge is -2.03. The second-order valence-corrected chi connectivity index (χ2v) is 3.98. The van der Waals surface area contributed by atoms with Crippen LogP contribution in [0.4, 0.5) is 10.1 Å². The molecule has 0 bridgehead atoms. The molecule has 1 aliphatic carbocycles. The third-order valence-corrected chi connectivity index (χ3v) is 2.83. The smallest absolute Gasteiger partial charge is 0.309 e. The van der Waals surface area contributed by atoms with E-state index >= 15 is 0 Å². The summed E-state index contributed by atoms with van der Waals surface area (Å²) in [6.07, 6.45) is 0.768. The number of halogens is 1. The quantitative estimate of drug-likeness (QED) is 0.630. The van der Waals surface area contributed by atoms with E-state index in [1.807, 2.05) is 0 Å². The molecule has 0 spiro atoms. The standard InChI is InChI=1S/C12H14FNO2/c1-2-16-12(15)9-6-8(9)7-3-4-10(13)11(14)5-7/h3-5,8-9H,2,6,14H2,1H3. The Labute approximate surface area is 93.4 Å². The van der Waals surface area contributed by atoms with Gasteiger partial charge in [0.2, 0.25) is 0 Å². The van der Waals surface area contributed by atoms with Crippen LogP contribution in [0.5, 0.6) is 0 Å². The predicted molar refractivity (Wildman–Crippen MR) is 58.3 cm³/mol. The second kappa shape index (κ2) is 4.12. The molecule has 0 radical (unpaired) electrons. The zero-order valence-electron chi connectivity index (χ0n) is 9.07. The van der Waals surface area contributed by atoms with E-state index in [1.54, 1.807) is 19.1 Å². The highest BCUT2D eigenvalue weighted by molar-refractivity contribution is 5.77. The van der Waals surface area contributed by atoms with E-state index in [2.05, 4.69) is 0 Å². The van der Waals surface area contributed by atoms with Gasteiger partial charge in [0.05, 0.1) is 18.2 Å². The van der Waals surface area contributed by atoms with Gasteiger partial charge in [0.15, 0.2) is 0 Å². The largest absolute Gasteiger partial charge is 0.466 e. The fourth-order valence-corrected chi connectivity index (χ4v) is 1.87. The van der Waals surface area contributed by atoms with Crippen LogP contribution in [0.2, 0.25) is 0 Å². The molecular formula is C12H14FNO2. The minimum absolute atomic E-state index is 0.0789. The molecule has 2 unspecified atom stereocenters. The summed E-state index contributed by atoms with van der Waals surface area (Å²) in [7, 11) is 0. The van der Waals surface area contributed by atoms with Crippen molar-refractivity contribution in [2.45, 2.75) is 19.3 Å². The van der Waals surface area contributed by atoms with Crippen molar-refractivity contribution in [3.8, 4) is 0 Å². The zero-order valence-corrected chi connectivity index (χ0v) is 9.07. The third kappa shape index (κ3) is 2.01. The number of carbonyl (C=O) groups excluding carboxylic acids is 1. The van der Waals surface area contributed by atoms with Gasteiger partial charge in [-0.05, 0) is 37.0 Å². The topological polar surface area (TPSA) is 52.3 Å². The maximum atomic E-state index is 12.9. The van der Waals surface area contributed by atoms with Gasteiger partial charge < -0.3 is 10.5 Å². The monoisotopic (exact) mass is 223 g/mol. The number of hydrogen-bond acceptors (Lipinski definition) is 3. The van der Waals surface area contributed by atoms with Crippen LogP contribution in [-0.4, -0.2) is 12.6 Å². The number of hydrogen-bond donors (Lipinski definition) is 1. The van der Waals surface area contributed by atoms with Crippen LogP contribution in [0.1, 0.15) is 24.8 Å². The molecule has 0 saturated heterocycles. The van der Waals surface area contributed by atoms with Gasteiger partial charge >= 0.3 is 5.97 Å². The molecule has 2 rings (SSSR count). The van der Waals surface area contributed by atoms with Crippen LogP contribution in [0, 0.1) is 11.7 Å². The number of benzene rings is 1. The van der Waals surface area contributed by atoms with Crippen LogP contribution in [0.15, 0.2) is 18.2 Å². The van der Waals surface area contributed by atoms with E-state index < -0.39 is 5.82 Å². The van der Waals surface area contributed by atoms with E-state index in [4.69, 9.17) is 10.5 Å². The molecule has 2 N–H and O–H groups in total. The summed E-state index contributed by atoms with van der Waals surface area (Å²) in [5, 5.41) is 0. The van der Waals surface area contributed by atoms with Crippen molar-refractivity contribution in [2.24, 2.45) is 5.92 Å². The molecule has 0 amide bonds. The first-order chi connectivity index (χ1) is 7.63. The normalized spacial score (nSPS) is 22.9. The van der Waals surface area contributed by atoms with Crippen LogP contribution in [-0.2, 0) is 9.53 Å². The van der Waals surface area contributed by atoms with Crippen LogP contribution in [0.3, 0.4) is 0 Å². The first-order valence-corrected chi connectivity index (χ1v) is 5.35. The van der Waals surface area contributed by atoms with Crippen molar-refractivity contribution in [1.82, 2.24) is 0 Å². The summed E-state index contributed by atoms with van der Waals surface area (Å²) >= 11 is 0. The molecule has 86 valence electrons. The van der Waals surface area contributed by atoms with Gasteiger partial charge in [-0.2, -0.15) is 0 Å². The van der Waals surface area contributed by atoms with Crippen LogP contribution < -0.4 is 5.73 Å². The lowest BCUT2D eigenvalue weighted by molar-refractivity contribution is -0.144. The number of nitrogen functional groups attached to an aromatic ring is 1. The number of ether oxygens (including phenoxy) is 1. The van der Waals surface area contributed by atoms with E-state index in [1.165, 1.54) is 6.07 Å². The van der Waals surface area contributed by atoms with Crippen molar-refractivity contribution in [3.63, 3.8) is 0 Å². The Hall–Kier alpha value is -1.58. The molecule has 0 heterocycles. The minimum atomic E-state index is -0.419. The average Bonchev–Trinajstić information content (AvgIpc) is 3.02. The van der Waals surface area contributed by atoms with Crippen LogP contribution >= 0.6 is 0 Å². The molecule has 1 saturated carbocycles. The molecular weight excluding hydrogens is 209 g/mol. The highest BCUT2D eigenvalue weighted by Gasteiger charge is 2.45. The summed E-state index contributed by atoms with van der Waals surface area (Å²) < 4.78 is 17.9. The van der Waals surface area contributed by atoms with Crippen molar-refractivity contribution in [1.29, 1.82) is 0 Å². The molecule has 1 aromatic carbocycles. The Kier molecular flexibility index (Phi) is 2.81. The maximum absolute atomic E-state index is 12.9. The van der Waals surface area contributed by atoms with E-state index in [-0.39, 0.29) is 23.5 Å². The van der Waals surface area contributed by atoms with Gasteiger partial charge in [-0.3, -0.25) is 4.79 Å². The number of esters is 1. The van der Waals surface area contributed by atoms with Crippen molar-refractivity contribution in [3.05, 3.63) is 29.6 Å². The lowest BCUT2D eigenvalue weighted by atomic mass is 10.1. The minimum Gasteiger partial charge on any atom is -0.466 e. The molecule has 2 atom stereocenters. The van der Waals surface area contributed by atoms with Gasteiger partial charge in [0.25, 0.3) is 0 Å². The molecule has 1 fully saturated rings. The summed E-state index contributed by atoms with van der Waals surface area (Å²) in [6.45, 7) is 2.18. The molecule has 0 aromatic heterocycles. The third-order valence-electron chi connectivity index (χ3n) is 2.83. The fourth-order valence-electron chi connectivity index (χ4n) is 1.87. The molecule has 16 heavy (non-hydrogen) atoms. The Morgan fingerprint density at radius 1 is 1.62 bits per heavy atom. The Bertz CT molecular complexity index is 419. The van der Waals surface area contributed by atoms with Crippen molar-refractivity contribution >= 4 is 11.7 Å². The first-order valence-electron chi connectivity index (χ1n) is 5.35. The Morgan fingerprint density at radius 3 is 3.00 bits per heavy atom. The summed E-state index contributed by atoms with van der Waals surface area (Å²) in [6, 6.07) is 4.61. The highest BCUT2D eigenvalue weighted by atomic mass is 19.1. The zero-order chi connectivity index (χ0) is 11.7. The van der Waals surface area contributed by atoms with Gasteiger partial charge in [0.1, 0.15) is 5.82 Å². The Morgan fingerprint density at radius 2 is 2.38 bits per heavy atom. The number of anilines is 1. The molecule has 1 aromatic rings. The number of rotatable bonds is 3. The number of nitrogens with two attached hydrogens (primary N) is 1. The summed E-state index contributed by atoms with van der Waals surface area (Å²) in [5.41, 5.74) is 6.52. The SMILES string of the molecule is CCOC(=O)C1CC1c1ccc(F)c(N)c1. The lowest BCUT2D eigenvalue weighted by Crippen LogP contribution is -2.07. The van der Waals surface area contributed by atoms with E-state index in [9.17, 15) is 9.18 Å². The highest BCUT2D eigenvalue weighted by Crippen LogP contribution is 2.48.